The molecule has 0 fully saturated rings. The number of aryl methyl sites for hydroxylation is 3. The molecular formula is C43H82N+. The zero-order valence-electron chi connectivity index (χ0n) is 30.9. The number of pyridine rings is 1. The Labute approximate surface area is 279 Å². The molecule has 0 aliphatic carbocycles. The predicted octanol–water partition coefficient (Wildman–Crippen LogP) is 14.6. The average Bonchev–Trinajstić information content (AvgIpc) is 3.03. The van der Waals surface area contributed by atoms with Crippen LogP contribution in [0.1, 0.15) is 237 Å². The topological polar surface area (TPSA) is 3.88 Å². The van der Waals surface area contributed by atoms with Crippen molar-refractivity contribution < 1.29 is 4.57 Å². The van der Waals surface area contributed by atoms with E-state index < -0.39 is 0 Å². The minimum atomic E-state index is 1.22. The van der Waals surface area contributed by atoms with E-state index in [-0.39, 0.29) is 0 Å². The van der Waals surface area contributed by atoms with Crippen molar-refractivity contribution in [1.29, 1.82) is 0 Å². The van der Waals surface area contributed by atoms with Gasteiger partial charge >= 0.3 is 0 Å². The summed E-state index contributed by atoms with van der Waals surface area (Å²) in [4.78, 5) is 0. The lowest BCUT2D eigenvalue weighted by atomic mass is 10.0. The Balaban J connectivity index is 2.33. The van der Waals surface area contributed by atoms with E-state index in [0.29, 0.717) is 0 Å². The van der Waals surface area contributed by atoms with Gasteiger partial charge in [0.25, 0.3) is 0 Å². The molecule has 0 bridgehead atoms. The molecule has 1 rings (SSSR count). The summed E-state index contributed by atoms with van der Waals surface area (Å²) in [6, 6.07) is 2.57. The molecule has 0 spiro atoms. The number of unbranched alkanes of at least 4 members (excludes halogenated alkanes) is 29. The van der Waals surface area contributed by atoms with Crippen molar-refractivity contribution in [2.75, 3.05) is 0 Å². The lowest BCUT2D eigenvalue weighted by Gasteiger charge is -2.07. The first-order valence-corrected chi connectivity index (χ1v) is 20.8. The smallest absolute Gasteiger partial charge is 0.171 e. The van der Waals surface area contributed by atoms with Gasteiger partial charge in [0.1, 0.15) is 6.54 Å². The lowest BCUT2D eigenvalue weighted by molar-refractivity contribution is -0.698. The maximum Gasteiger partial charge on any atom is 0.171 e. The maximum atomic E-state index is 2.58. The van der Waals surface area contributed by atoms with Gasteiger partial charge in [-0.15, -0.1) is 0 Å². The Kier molecular flexibility index (Phi) is 31.4. The zero-order valence-corrected chi connectivity index (χ0v) is 30.9. The maximum absolute atomic E-state index is 2.58. The fraction of sp³-hybridized carbons (Fsp3) is 0.884. The molecule has 0 aliphatic rings. The number of aromatic nitrogens is 1. The Bertz CT molecular complexity index is 652. The molecule has 44 heavy (non-hydrogen) atoms. The van der Waals surface area contributed by atoms with Crippen molar-refractivity contribution >= 4 is 0 Å². The number of hydrogen-bond acceptors (Lipinski definition) is 0. The molecule has 1 heterocycles. The molecule has 0 saturated heterocycles. The van der Waals surface area contributed by atoms with E-state index in [1.165, 1.54) is 225 Å². The Morgan fingerprint density at radius 1 is 0.318 bits per heavy atom. The monoisotopic (exact) mass is 613 g/mol. The first-order chi connectivity index (χ1) is 21.8. The van der Waals surface area contributed by atoms with Crippen LogP contribution in [0.3, 0.4) is 0 Å². The van der Waals surface area contributed by atoms with Crippen molar-refractivity contribution in [1.82, 2.24) is 0 Å². The minimum absolute atomic E-state index is 1.22. The summed E-state index contributed by atoms with van der Waals surface area (Å²) >= 11 is 0. The largest absolute Gasteiger partial charge is 0.205 e. The SMILES string of the molecule is CCCCCCCCCCCCCC[n+]1cc(CCCCCCCCCCCC)cc(CCCCCCCCCCCC)c1. The summed E-state index contributed by atoms with van der Waals surface area (Å²) in [5.41, 5.74) is 3.21. The van der Waals surface area contributed by atoms with Crippen molar-refractivity contribution in [3.63, 3.8) is 0 Å². The Hall–Kier alpha value is -0.850. The molecule has 0 atom stereocenters. The van der Waals surface area contributed by atoms with Crippen LogP contribution >= 0.6 is 0 Å². The number of rotatable bonds is 35. The van der Waals surface area contributed by atoms with Crippen LogP contribution < -0.4 is 4.57 Å². The highest BCUT2D eigenvalue weighted by Crippen LogP contribution is 2.16. The molecule has 0 radical (unpaired) electrons. The lowest BCUT2D eigenvalue weighted by Crippen LogP contribution is -2.34. The molecule has 1 heteroatoms. The zero-order chi connectivity index (χ0) is 31.6. The van der Waals surface area contributed by atoms with Crippen LogP contribution in [0, 0.1) is 0 Å². The summed E-state index contributed by atoms with van der Waals surface area (Å²) in [5.74, 6) is 0. The molecule has 0 N–H and O–H groups in total. The average molecular weight is 613 g/mol. The summed E-state index contributed by atoms with van der Waals surface area (Å²) in [6.07, 6.45) is 53.3. The second-order valence-corrected chi connectivity index (χ2v) is 14.5. The molecule has 1 aromatic heterocycles. The van der Waals surface area contributed by atoms with Gasteiger partial charge < -0.3 is 0 Å². The van der Waals surface area contributed by atoms with Crippen LogP contribution in [-0.4, -0.2) is 0 Å². The van der Waals surface area contributed by atoms with Crippen molar-refractivity contribution in [3.8, 4) is 0 Å². The van der Waals surface area contributed by atoms with E-state index in [1.54, 1.807) is 11.1 Å². The third kappa shape index (κ3) is 27.5. The molecule has 0 saturated carbocycles. The third-order valence-electron chi connectivity index (χ3n) is 9.94. The van der Waals surface area contributed by atoms with E-state index in [4.69, 9.17) is 0 Å². The summed E-state index contributed by atoms with van der Waals surface area (Å²) in [5, 5.41) is 0. The van der Waals surface area contributed by atoms with E-state index in [0.717, 1.165) is 0 Å². The summed E-state index contributed by atoms with van der Waals surface area (Å²) < 4.78 is 2.58. The van der Waals surface area contributed by atoms with Gasteiger partial charge in [0, 0.05) is 17.5 Å². The highest BCUT2D eigenvalue weighted by atomic mass is 14.9. The molecule has 258 valence electrons. The molecule has 0 amide bonds. The van der Waals surface area contributed by atoms with Gasteiger partial charge in [0.05, 0.1) is 0 Å². The van der Waals surface area contributed by atoms with Crippen LogP contribution in [0.2, 0.25) is 0 Å². The standard InChI is InChI=1S/C43H82N/c1-4-7-10-13-16-19-22-23-26-29-32-35-38-44-40-42(36-33-30-27-24-20-17-14-11-8-5-2)39-43(41-44)37-34-31-28-25-21-18-15-12-9-6-3/h39-41H,4-38H2,1-3H3/q+1. The van der Waals surface area contributed by atoms with Crippen molar-refractivity contribution in [2.45, 2.75) is 246 Å². The Morgan fingerprint density at radius 3 is 0.864 bits per heavy atom. The minimum Gasteiger partial charge on any atom is -0.205 e. The number of hydrogen-bond donors (Lipinski definition) is 0. The second-order valence-electron chi connectivity index (χ2n) is 14.5. The van der Waals surface area contributed by atoms with Crippen molar-refractivity contribution in [2.24, 2.45) is 0 Å². The van der Waals surface area contributed by atoms with E-state index in [2.05, 4.69) is 43.8 Å². The van der Waals surface area contributed by atoms with Gasteiger partial charge in [-0.2, -0.15) is 0 Å². The quantitative estimate of drug-likeness (QED) is 0.0530. The molecule has 1 nitrogen and oxygen atoms in total. The van der Waals surface area contributed by atoms with Gasteiger partial charge in [-0.1, -0.05) is 201 Å². The van der Waals surface area contributed by atoms with Gasteiger partial charge in [0.15, 0.2) is 12.4 Å². The van der Waals surface area contributed by atoms with Crippen LogP contribution in [0.4, 0.5) is 0 Å². The Morgan fingerprint density at radius 2 is 0.568 bits per heavy atom. The first-order valence-electron chi connectivity index (χ1n) is 20.8. The molecule has 1 aromatic rings. The third-order valence-corrected chi connectivity index (χ3v) is 9.94. The summed E-state index contributed by atoms with van der Waals surface area (Å²) in [7, 11) is 0. The normalized spacial score (nSPS) is 11.5. The fourth-order valence-corrected chi connectivity index (χ4v) is 6.95. The van der Waals surface area contributed by atoms with Gasteiger partial charge in [-0.25, -0.2) is 4.57 Å². The molecular weight excluding hydrogens is 530 g/mol. The van der Waals surface area contributed by atoms with E-state index >= 15 is 0 Å². The van der Waals surface area contributed by atoms with Gasteiger partial charge in [-0.3, -0.25) is 0 Å². The molecule has 0 aliphatic heterocycles. The highest BCUT2D eigenvalue weighted by molar-refractivity contribution is 5.15. The fourth-order valence-electron chi connectivity index (χ4n) is 6.95. The highest BCUT2D eigenvalue weighted by Gasteiger charge is 2.09. The summed E-state index contributed by atoms with van der Waals surface area (Å²) in [6.45, 7) is 8.16. The second kappa shape index (κ2) is 33.5. The first kappa shape index (κ1) is 41.2. The number of nitrogens with zero attached hydrogens (tertiary/aromatic N) is 1. The van der Waals surface area contributed by atoms with Gasteiger partial charge in [0.2, 0.25) is 0 Å². The van der Waals surface area contributed by atoms with Crippen LogP contribution in [0.25, 0.3) is 0 Å². The molecule has 0 aromatic carbocycles. The molecule has 0 unspecified atom stereocenters. The van der Waals surface area contributed by atoms with Crippen LogP contribution in [0.5, 0.6) is 0 Å². The van der Waals surface area contributed by atoms with E-state index in [9.17, 15) is 0 Å². The van der Waals surface area contributed by atoms with Crippen LogP contribution in [-0.2, 0) is 19.4 Å². The van der Waals surface area contributed by atoms with Crippen molar-refractivity contribution in [3.05, 3.63) is 29.6 Å². The van der Waals surface area contributed by atoms with Gasteiger partial charge in [-0.05, 0) is 38.2 Å². The van der Waals surface area contributed by atoms with Crippen LogP contribution in [0.15, 0.2) is 18.5 Å². The predicted molar refractivity (Wildman–Crippen MR) is 199 cm³/mol. The van der Waals surface area contributed by atoms with E-state index in [1.807, 2.05) is 0 Å².